The summed E-state index contributed by atoms with van der Waals surface area (Å²) in [7, 11) is 0. The average Bonchev–Trinajstić information content (AvgIpc) is 2.52. The minimum atomic E-state index is 0.209. The van der Waals surface area contributed by atoms with Crippen LogP contribution >= 0.6 is 31.9 Å². The molecule has 0 fully saturated rings. The third-order valence-corrected chi connectivity index (χ3v) is 8.07. The minimum Gasteiger partial charge on any atom is -0.0833 e. The van der Waals surface area contributed by atoms with E-state index in [1.54, 1.807) is 0 Å². The Kier molecular flexibility index (Phi) is 6.03. The predicted octanol–water partition coefficient (Wildman–Crippen LogP) is 8.32. The topological polar surface area (TPSA) is 0 Å². The van der Waals surface area contributed by atoms with Gasteiger partial charge in [-0.15, -0.1) is 0 Å². The zero-order chi connectivity index (χ0) is 18.1. The summed E-state index contributed by atoms with van der Waals surface area (Å²) in [6.45, 7) is 13.5. The van der Waals surface area contributed by atoms with E-state index in [9.17, 15) is 0 Å². The second-order valence-electron chi connectivity index (χ2n) is 8.70. The van der Waals surface area contributed by atoms with Crippen LogP contribution in [0.2, 0.25) is 0 Å². The van der Waals surface area contributed by atoms with Crippen molar-refractivity contribution in [2.24, 2.45) is 10.8 Å². The van der Waals surface area contributed by atoms with Crippen LogP contribution in [-0.4, -0.2) is 0 Å². The van der Waals surface area contributed by atoms with Gasteiger partial charge in [0.05, 0.1) is 0 Å². The van der Waals surface area contributed by atoms with Gasteiger partial charge in [0.1, 0.15) is 0 Å². The van der Waals surface area contributed by atoms with Crippen LogP contribution in [0.5, 0.6) is 0 Å². The highest BCUT2D eigenvalue weighted by Crippen LogP contribution is 2.41. The standard InChI is InChI=1S/C22H28Br2/c1-21(2,3)19(23)17-11-7-15(8-12-17)16-9-13-18(14-10-16)20(24)22(4,5)6/h7-14,19-20H,1-6H3. The molecule has 0 radical (unpaired) electrons. The molecule has 0 spiro atoms. The summed E-state index contributed by atoms with van der Waals surface area (Å²) in [5, 5.41) is 0. The van der Waals surface area contributed by atoms with Crippen molar-refractivity contribution in [3.8, 4) is 11.1 Å². The van der Waals surface area contributed by atoms with Gasteiger partial charge in [0.15, 0.2) is 0 Å². The van der Waals surface area contributed by atoms with E-state index in [2.05, 4.69) is 122 Å². The largest absolute Gasteiger partial charge is 0.0833 e. The fourth-order valence-electron chi connectivity index (χ4n) is 2.69. The van der Waals surface area contributed by atoms with Crippen LogP contribution in [0.4, 0.5) is 0 Å². The molecule has 0 aliphatic heterocycles. The van der Waals surface area contributed by atoms with Gasteiger partial charge < -0.3 is 0 Å². The third-order valence-electron chi connectivity index (χ3n) is 4.26. The zero-order valence-electron chi connectivity index (χ0n) is 15.5. The number of hydrogen-bond acceptors (Lipinski definition) is 0. The molecular formula is C22H28Br2. The maximum atomic E-state index is 3.83. The molecule has 2 aromatic rings. The second kappa shape index (κ2) is 7.33. The van der Waals surface area contributed by atoms with Gasteiger partial charge in [-0.05, 0) is 33.1 Å². The molecule has 2 atom stereocenters. The summed E-state index contributed by atoms with van der Waals surface area (Å²) in [5.41, 5.74) is 5.61. The summed E-state index contributed by atoms with van der Waals surface area (Å²) in [6.07, 6.45) is 0. The Morgan fingerprint density at radius 1 is 0.542 bits per heavy atom. The van der Waals surface area contributed by atoms with Crippen molar-refractivity contribution in [3.05, 3.63) is 59.7 Å². The smallest absolute Gasteiger partial charge is 0.0443 e. The van der Waals surface area contributed by atoms with Crippen molar-refractivity contribution in [3.63, 3.8) is 0 Å². The van der Waals surface area contributed by atoms with Gasteiger partial charge >= 0.3 is 0 Å². The summed E-state index contributed by atoms with van der Waals surface area (Å²) in [6, 6.07) is 17.8. The maximum absolute atomic E-state index is 3.83. The summed E-state index contributed by atoms with van der Waals surface area (Å²) in [4.78, 5) is 0.727. The summed E-state index contributed by atoms with van der Waals surface area (Å²) >= 11 is 7.65. The molecule has 0 aliphatic rings. The van der Waals surface area contributed by atoms with Crippen LogP contribution < -0.4 is 0 Å². The summed E-state index contributed by atoms with van der Waals surface area (Å²) in [5.74, 6) is 0. The first-order valence-electron chi connectivity index (χ1n) is 8.48. The molecule has 2 rings (SSSR count). The molecule has 0 nitrogen and oxygen atoms in total. The van der Waals surface area contributed by atoms with Crippen molar-refractivity contribution in [1.82, 2.24) is 0 Å². The molecule has 2 aromatic carbocycles. The molecule has 130 valence electrons. The number of alkyl halides is 2. The van der Waals surface area contributed by atoms with E-state index in [0.29, 0.717) is 9.65 Å². The minimum absolute atomic E-state index is 0.209. The number of halogens is 2. The van der Waals surface area contributed by atoms with Gasteiger partial charge in [-0.3, -0.25) is 0 Å². The highest BCUT2D eigenvalue weighted by atomic mass is 79.9. The first kappa shape index (κ1) is 19.7. The van der Waals surface area contributed by atoms with Gasteiger partial charge in [0.25, 0.3) is 0 Å². The van der Waals surface area contributed by atoms with Gasteiger partial charge in [-0.2, -0.15) is 0 Å². The van der Waals surface area contributed by atoms with Crippen LogP contribution in [0.1, 0.15) is 62.3 Å². The van der Waals surface area contributed by atoms with E-state index in [1.807, 2.05) is 0 Å². The van der Waals surface area contributed by atoms with Gasteiger partial charge in [-0.25, -0.2) is 0 Å². The summed E-state index contributed by atoms with van der Waals surface area (Å²) < 4.78 is 0. The predicted molar refractivity (Wildman–Crippen MR) is 114 cm³/mol. The van der Waals surface area contributed by atoms with Crippen molar-refractivity contribution in [1.29, 1.82) is 0 Å². The molecule has 0 amide bonds. The maximum Gasteiger partial charge on any atom is 0.0443 e. The first-order chi connectivity index (χ1) is 11.0. The Balaban J connectivity index is 2.21. The molecule has 0 heterocycles. The van der Waals surface area contributed by atoms with E-state index >= 15 is 0 Å². The van der Waals surface area contributed by atoms with Crippen molar-refractivity contribution < 1.29 is 0 Å². The lowest BCUT2D eigenvalue weighted by atomic mass is 9.86. The Labute approximate surface area is 164 Å². The number of benzene rings is 2. The normalized spacial score (nSPS) is 15.2. The molecule has 2 unspecified atom stereocenters. The van der Waals surface area contributed by atoms with E-state index < -0.39 is 0 Å². The molecule has 0 aromatic heterocycles. The molecule has 0 saturated heterocycles. The average molecular weight is 452 g/mol. The van der Waals surface area contributed by atoms with Crippen LogP contribution in [0.25, 0.3) is 11.1 Å². The number of hydrogen-bond donors (Lipinski definition) is 0. The van der Waals surface area contributed by atoms with E-state index in [4.69, 9.17) is 0 Å². The van der Waals surface area contributed by atoms with E-state index in [-0.39, 0.29) is 10.8 Å². The van der Waals surface area contributed by atoms with Gasteiger partial charge in [-0.1, -0.05) is 122 Å². The van der Waals surface area contributed by atoms with Gasteiger partial charge in [0.2, 0.25) is 0 Å². The Morgan fingerprint density at radius 3 is 1.00 bits per heavy atom. The van der Waals surface area contributed by atoms with Crippen LogP contribution in [-0.2, 0) is 0 Å². The van der Waals surface area contributed by atoms with Gasteiger partial charge in [0, 0.05) is 9.65 Å². The molecule has 0 bridgehead atoms. The third kappa shape index (κ3) is 4.73. The molecule has 0 saturated carbocycles. The first-order valence-corrected chi connectivity index (χ1v) is 10.3. The van der Waals surface area contributed by atoms with Crippen molar-refractivity contribution in [2.45, 2.75) is 51.2 Å². The monoisotopic (exact) mass is 450 g/mol. The molecule has 0 N–H and O–H groups in total. The SMILES string of the molecule is CC(C)(C)C(Br)c1ccc(-c2ccc(C(Br)C(C)(C)C)cc2)cc1. The van der Waals surface area contributed by atoms with Crippen LogP contribution in [0.3, 0.4) is 0 Å². The lowest BCUT2D eigenvalue weighted by Crippen LogP contribution is -2.12. The Hall–Kier alpha value is -0.600. The molecule has 2 heteroatoms. The quantitative estimate of drug-likeness (QED) is 0.411. The van der Waals surface area contributed by atoms with Crippen molar-refractivity contribution in [2.75, 3.05) is 0 Å². The Morgan fingerprint density at radius 2 is 0.792 bits per heavy atom. The lowest BCUT2D eigenvalue weighted by molar-refractivity contribution is 0.407. The fourth-order valence-corrected chi connectivity index (χ4v) is 3.30. The molecule has 0 aliphatic carbocycles. The zero-order valence-corrected chi connectivity index (χ0v) is 18.7. The highest BCUT2D eigenvalue weighted by molar-refractivity contribution is 9.09. The molecule has 24 heavy (non-hydrogen) atoms. The highest BCUT2D eigenvalue weighted by Gasteiger charge is 2.24. The molecular weight excluding hydrogens is 424 g/mol. The second-order valence-corrected chi connectivity index (χ2v) is 10.5. The van der Waals surface area contributed by atoms with E-state index in [1.165, 1.54) is 22.3 Å². The van der Waals surface area contributed by atoms with Crippen LogP contribution in [0, 0.1) is 10.8 Å². The number of rotatable bonds is 3. The van der Waals surface area contributed by atoms with Crippen molar-refractivity contribution >= 4 is 31.9 Å². The van der Waals surface area contributed by atoms with E-state index in [0.717, 1.165) is 0 Å². The van der Waals surface area contributed by atoms with Crippen LogP contribution in [0.15, 0.2) is 48.5 Å². The fraction of sp³-hybridized carbons (Fsp3) is 0.455. The Bertz CT molecular complexity index is 594. The lowest BCUT2D eigenvalue weighted by Gasteiger charge is -2.26.